The zero-order valence-electron chi connectivity index (χ0n) is 33.5. The van der Waals surface area contributed by atoms with Crippen molar-refractivity contribution in [3.8, 4) is 22.3 Å². The molecule has 7 aromatic rings. The largest absolute Gasteiger partial charge is 0.303 e. The fourth-order valence-corrected chi connectivity index (χ4v) is 8.41. The van der Waals surface area contributed by atoms with Crippen molar-refractivity contribution in [2.75, 3.05) is 9.80 Å². The van der Waals surface area contributed by atoms with E-state index in [2.05, 4.69) is 187 Å². The van der Waals surface area contributed by atoms with Crippen LogP contribution in [0.2, 0.25) is 0 Å². The van der Waals surface area contributed by atoms with Crippen molar-refractivity contribution in [3.63, 3.8) is 0 Å². The molecule has 6 heteroatoms. The van der Waals surface area contributed by atoms with Crippen LogP contribution in [0.1, 0.15) is 66.5 Å². The Hall–Kier alpha value is -6.14. The summed E-state index contributed by atoms with van der Waals surface area (Å²) in [7, 11) is 0. The van der Waals surface area contributed by atoms with E-state index < -0.39 is 0 Å². The highest BCUT2D eigenvalue weighted by Crippen LogP contribution is 2.46. The number of amidine groups is 2. The zero-order valence-corrected chi connectivity index (χ0v) is 33.5. The second kappa shape index (κ2) is 12.7. The number of hydrogen-bond acceptors (Lipinski definition) is 6. The summed E-state index contributed by atoms with van der Waals surface area (Å²) >= 11 is 0. The van der Waals surface area contributed by atoms with Crippen molar-refractivity contribution >= 4 is 44.9 Å². The van der Waals surface area contributed by atoms with E-state index in [0.29, 0.717) is 0 Å². The third-order valence-corrected chi connectivity index (χ3v) is 12.8. The lowest BCUT2D eigenvalue weighted by atomic mass is 9.83. The first-order valence-corrected chi connectivity index (χ1v) is 19.6. The smallest absolute Gasteiger partial charge is 0.137 e. The Balaban J connectivity index is 1.14. The van der Waals surface area contributed by atoms with Gasteiger partial charge in [-0.15, -0.1) is 0 Å². The first kappa shape index (κ1) is 35.6. The number of rotatable bonds is 6. The first-order chi connectivity index (χ1) is 26.8. The van der Waals surface area contributed by atoms with Crippen LogP contribution >= 0.6 is 0 Å². The normalized spacial score (nSPS) is 18.0. The molecule has 0 fully saturated rings. The average Bonchev–Trinajstić information content (AvgIpc) is 3.52. The lowest BCUT2D eigenvalue weighted by Crippen LogP contribution is -2.53. The standard InChI is InChI=1S/C50H48N6/c1-47(2)49(5,6)55(45(53-47)33-19-11-9-12-20-33)41-29-27-35(31-51-41)43-37-23-15-17-25-39(37)44(40-26-18-16-24-38(40)43)36-28-30-42(52-32-36)56-46(34-21-13-10-14-22-34)54-48(3,4)50(56,7)8/h9-32H,1-8H3. The minimum Gasteiger partial charge on any atom is -0.303 e. The number of hydrogen-bond donors (Lipinski definition) is 0. The highest BCUT2D eigenvalue weighted by Gasteiger charge is 2.51. The van der Waals surface area contributed by atoms with E-state index in [-0.39, 0.29) is 22.2 Å². The van der Waals surface area contributed by atoms with Crippen LogP contribution in [0.5, 0.6) is 0 Å². The van der Waals surface area contributed by atoms with Gasteiger partial charge in [0.25, 0.3) is 0 Å². The van der Waals surface area contributed by atoms with E-state index in [1.807, 2.05) is 24.5 Å². The van der Waals surface area contributed by atoms with E-state index in [4.69, 9.17) is 20.0 Å². The molecule has 0 bridgehead atoms. The van der Waals surface area contributed by atoms with Crippen molar-refractivity contribution in [3.05, 3.63) is 157 Å². The molecule has 0 unspecified atom stereocenters. The van der Waals surface area contributed by atoms with Crippen LogP contribution in [-0.4, -0.2) is 43.8 Å². The third-order valence-electron chi connectivity index (χ3n) is 12.8. The topological polar surface area (TPSA) is 57.0 Å². The fourth-order valence-electron chi connectivity index (χ4n) is 8.41. The minimum absolute atomic E-state index is 0.298. The number of benzene rings is 5. The Kier molecular flexibility index (Phi) is 8.07. The number of nitrogens with zero attached hydrogens (tertiary/aromatic N) is 6. The van der Waals surface area contributed by atoms with Gasteiger partial charge in [-0.1, -0.05) is 109 Å². The molecule has 2 aliphatic heterocycles. The summed E-state index contributed by atoms with van der Waals surface area (Å²) in [4.78, 5) is 25.5. The lowest BCUT2D eigenvalue weighted by molar-refractivity contribution is 0.337. The van der Waals surface area contributed by atoms with Gasteiger partial charge in [-0.3, -0.25) is 9.98 Å². The first-order valence-electron chi connectivity index (χ1n) is 19.6. The Morgan fingerprint density at radius 3 is 0.982 bits per heavy atom. The molecule has 2 aromatic heterocycles. The molecule has 2 aliphatic rings. The highest BCUT2D eigenvalue weighted by atomic mass is 15.4. The van der Waals surface area contributed by atoms with Crippen molar-refractivity contribution < 1.29 is 0 Å². The summed E-state index contributed by atoms with van der Waals surface area (Å²) < 4.78 is 0. The molecule has 278 valence electrons. The maximum Gasteiger partial charge on any atom is 0.137 e. The van der Waals surface area contributed by atoms with Gasteiger partial charge in [0, 0.05) is 34.6 Å². The number of fused-ring (bicyclic) bond motifs is 2. The highest BCUT2D eigenvalue weighted by molar-refractivity contribution is 6.21. The zero-order chi connectivity index (χ0) is 39.0. The molecule has 0 radical (unpaired) electrons. The minimum atomic E-state index is -0.313. The molecule has 0 saturated carbocycles. The third kappa shape index (κ3) is 5.37. The van der Waals surface area contributed by atoms with Crippen LogP contribution in [0.15, 0.2) is 156 Å². The summed E-state index contributed by atoms with van der Waals surface area (Å²) in [5.74, 6) is 3.66. The van der Waals surface area contributed by atoms with E-state index in [1.54, 1.807) is 0 Å². The van der Waals surface area contributed by atoms with Crippen molar-refractivity contribution in [2.45, 2.75) is 77.5 Å². The van der Waals surface area contributed by atoms with Crippen LogP contribution in [0.4, 0.5) is 11.6 Å². The Bertz CT molecular complexity index is 2430. The molecule has 9 rings (SSSR count). The van der Waals surface area contributed by atoms with E-state index in [1.165, 1.54) is 32.7 Å². The molecule has 4 heterocycles. The summed E-state index contributed by atoms with van der Waals surface area (Å²) in [6.45, 7) is 17.8. The molecule has 6 nitrogen and oxygen atoms in total. The van der Waals surface area contributed by atoms with Crippen molar-refractivity contribution in [2.24, 2.45) is 9.98 Å². The summed E-state index contributed by atoms with van der Waals surface area (Å²) in [6.07, 6.45) is 4.07. The van der Waals surface area contributed by atoms with E-state index >= 15 is 0 Å². The molecule has 0 aliphatic carbocycles. The second-order valence-electron chi connectivity index (χ2n) is 17.2. The average molecular weight is 733 g/mol. The molecule has 0 amide bonds. The predicted octanol–water partition coefficient (Wildman–Crippen LogP) is 11.8. The van der Waals surface area contributed by atoms with E-state index in [0.717, 1.165) is 45.6 Å². The van der Waals surface area contributed by atoms with Gasteiger partial charge in [0.15, 0.2) is 0 Å². The van der Waals surface area contributed by atoms with Crippen molar-refractivity contribution in [1.29, 1.82) is 0 Å². The van der Waals surface area contributed by atoms with Gasteiger partial charge in [0.1, 0.15) is 23.3 Å². The molecule has 56 heavy (non-hydrogen) atoms. The number of aromatic nitrogens is 2. The quantitative estimate of drug-likeness (QED) is 0.160. The predicted molar refractivity (Wildman–Crippen MR) is 235 cm³/mol. The molecule has 0 N–H and O–H groups in total. The molecular formula is C50H48N6. The van der Waals surface area contributed by atoms with Gasteiger partial charge in [0.2, 0.25) is 0 Å². The molecule has 5 aromatic carbocycles. The lowest BCUT2D eigenvalue weighted by Gasteiger charge is -2.40. The number of aliphatic imine (C=N–C) groups is 2. The van der Waals surface area contributed by atoms with Gasteiger partial charge in [-0.05, 0) is 112 Å². The van der Waals surface area contributed by atoms with Crippen LogP contribution < -0.4 is 9.80 Å². The fraction of sp³-hybridized carbons (Fsp3) is 0.240. The van der Waals surface area contributed by atoms with Crippen LogP contribution in [0.25, 0.3) is 43.8 Å². The van der Waals surface area contributed by atoms with Crippen LogP contribution in [-0.2, 0) is 0 Å². The SMILES string of the molecule is CC1(C)N=C(c2ccccc2)N(c2ccc(-c3c4ccccc4c(-c4ccc(N5C(c6ccccc6)=NC(C)(C)C5(C)C)nc4)c4ccccc34)cn2)C1(C)C. The molecule has 0 saturated heterocycles. The Labute approximate surface area is 330 Å². The maximum atomic E-state index is 5.25. The summed E-state index contributed by atoms with van der Waals surface area (Å²) in [5.41, 5.74) is 5.44. The molecule has 0 atom stereocenters. The maximum absolute atomic E-state index is 5.25. The van der Waals surface area contributed by atoms with Gasteiger partial charge in [-0.2, -0.15) is 0 Å². The molecular weight excluding hydrogens is 685 g/mol. The Morgan fingerprint density at radius 2 is 0.679 bits per heavy atom. The van der Waals surface area contributed by atoms with Gasteiger partial charge < -0.3 is 9.80 Å². The van der Waals surface area contributed by atoms with Gasteiger partial charge in [-0.25, -0.2) is 9.97 Å². The molecule has 0 spiro atoms. The number of pyridine rings is 2. The second-order valence-corrected chi connectivity index (χ2v) is 17.2. The number of anilines is 2. The summed E-state index contributed by atoms with van der Waals surface area (Å²) in [6, 6.07) is 47.1. The monoisotopic (exact) mass is 732 g/mol. The van der Waals surface area contributed by atoms with Crippen LogP contribution in [0, 0.1) is 0 Å². The van der Waals surface area contributed by atoms with Gasteiger partial charge >= 0.3 is 0 Å². The van der Waals surface area contributed by atoms with Crippen LogP contribution in [0.3, 0.4) is 0 Å². The summed E-state index contributed by atoms with van der Waals surface area (Å²) in [5, 5.41) is 4.70. The van der Waals surface area contributed by atoms with Crippen molar-refractivity contribution in [1.82, 2.24) is 9.97 Å². The Morgan fingerprint density at radius 1 is 0.357 bits per heavy atom. The van der Waals surface area contributed by atoms with E-state index in [9.17, 15) is 0 Å². The van der Waals surface area contributed by atoms with Gasteiger partial charge in [0.05, 0.1) is 22.2 Å².